The van der Waals surface area contributed by atoms with Crippen LogP contribution in [-0.2, 0) is 31.7 Å². The van der Waals surface area contributed by atoms with E-state index in [9.17, 15) is 37.1 Å². The van der Waals surface area contributed by atoms with Gasteiger partial charge in [-0.05, 0) is 81.1 Å². The molecule has 0 aliphatic rings. The summed E-state index contributed by atoms with van der Waals surface area (Å²) in [6, 6.07) is 11.8. The van der Waals surface area contributed by atoms with Gasteiger partial charge in [-0.1, -0.05) is 45.7 Å². The van der Waals surface area contributed by atoms with Crippen LogP contribution in [0.2, 0.25) is 0 Å². The SMILES string of the molecule is CCC(CC)C(CC)(C(=O)O)P(=O)(O)O.CCOC(=O)C(C)=Cc1cccc(OCc2nc(-c3ccc(C(F)(F)F)cc3)oc2C)c1. The van der Waals surface area contributed by atoms with Gasteiger partial charge in [-0.25, -0.2) is 9.78 Å². The summed E-state index contributed by atoms with van der Waals surface area (Å²) in [7, 11) is -4.65. The zero-order valence-corrected chi connectivity index (χ0v) is 28.0. The number of rotatable bonds is 13. The van der Waals surface area contributed by atoms with E-state index in [2.05, 4.69) is 4.98 Å². The third kappa shape index (κ3) is 10.0. The second kappa shape index (κ2) is 16.8. The van der Waals surface area contributed by atoms with Crippen molar-refractivity contribution in [3.8, 4) is 17.2 Å². The maximum atomic E-state index is 12.7. The van der Waals surface area contributed by atoms with Gasteiger partial charge in [0.1, 0.15) is 23.8 Å². The average molecular weight is 684 g/mol. The van der Waals surface area contributed by atoms with Crippen molar-refractivity contribution in [1.82, 2.24) is 4.98 Å². The second-order valence-electron chi connectivity index (χ2n) is 10.6. The Balaban J connectivity index is 0.000000433. The van der Waals surface area contributed by atoms with Crippen molar-refractivity contribution in [2.45, 2.75) is 78.7 Å². The molecule has 1 heterocycles. The topological polar surface area (TPSA) is 156 Å². The van der Waals surface area contributed by atoms with Crippen LogP contribution in [-0.4, -0.2) is 43.6 Å². The van der Waals surface area contributed by atoms with Crippen LogP contribution in [0.15, 0.2) is 58.5 Å². The number of carbonyl (C=O) groups is 2. The fourth-order valence-corrected chi connectivity index (χ4v) is 6.54. The fraction of sp³-hybridized carbons (Fsp3) is 0.424. The molecule has 0 spiro atoms. The molecule has 0 saturated carbocycles. The predicted octanol–water partition coefficient (Wildman–Crippen LogP) is 8.05. The van der Waals surface area contributed by atoms with Crippen molar-refractivity contribution in [3.63, 3.8) is 0 Å². The molecule has 3 rings (SSSR count). The summed E-state index contributed by atoms with van der Waals surface area (Å²) >= 11 is 0. The lowest BCUT2D eigenvalue weighted by Crippen LogP contribution is -2.44. The lowest BCUT2D eigenvalue weighted by Gasteiger charge is -2.35. The standard InChI is InChI=1S/C24H22F3NO4.C9H19O5P/c1-4-30-23(29)15(2)12-17-6-5-7-20(13-17)31-14-21-16(3)32-22(28-21)18-8-10-19(11-9-18)24(25,26)27;1-4-7(5-2)9(6-3,8(10)11)15(12,13)14/h5-13H,4,14H2,1-3H3;7H,4-6H2,1-3H3,(H,10,11)(H2,12,13,14). The first-order valence-electron chi connectivity index (χ1n) is 15.0. The lowest BCUT2D eigenvalue weighted by atomic mass is 9.85. The van der Waals surface area contributed by atoms with Gasteiger partial charge in [0.25, 0.3) is 0 Å². The number of aromatic nitrogens is 1. The van der Waals surface area contributed by atoms with Crippen molar-refractivity contribution < 1.29 is 56.1 Å². The minimum Gasteiger partial charge on any atom is -0.487 e. The Morgan fingerprint density at radius 1 is 1.04 bits per heavy atom. The molecule has 14 heteroatoms. The Hall–Kier alpha value is -3.93. The van der Waals surface area contributed by atoms with Crippen molar-refractivity contribution in [2.75, 3.05) is 6.61 Å². The van der Waals surface area contributed by atoms with E-state index in [4.69, 9.17) is 19.0 Å². The molecule has 0 amide bonds. The van der Waals surface area contributed by atoms with Gasteiger partial charge in [0.05, 0.1) is 12.2 Å². The predicted molar refractivity (Wildman–Crippen MR) is 170 cm³/mol. The molecule has 1 unspecified atom stereocenters. The normalized spacial score (nSPS) is 13.4. The first kappa shape index (κ1) is 39.2. The third-order valence-corrected chi connectivity index (χ3v) is 9.57. The first-order valence-corrected chi connectivity index (χ1v) is 16.6. The van der Waals surface area contributed by atoms with Crippen LogP contribution in [0.5, 0.6) is 5.75 Å². The van der Waals surface area contributed by atoms with Gasteiger partial charge in [-0.2, -0.15) is 13.2 Å². The summed E-state index contributed by atoms with van der Waals surface area (Å²) in [5.74, 6) is -0.986. The summed E-state index contributed by atoms with van der Waals surface area (Å²) < 4.78 is 66.0. The van der Waals surface area contributed by atoms with Crippen LogP contribution in [0.4, 0.5) is 13.2 Å². The second-order valence-corrected chi connectivity index (χ2v) is 12.5. The molecule has 0 fully saturated rings. The largest absolute Gasteiger partial charge is 0.487 e. The van der Waals surface area contributed by atoms with Gasteiger partial charge in [0.15, 0.2) is 5.16 Å². The zero-order chi connectivity index (χ0) is 35.6. The Kier molecular flexibility index (Phi) is 14.0. The van der Waals surface area contributed by atoms with E-state index in [1.807, 2.05) is 6.07 Å². The number of aryl methyl sites for hydroxylation is 1. The van der Waals surface area contributed by atoms with E-state index in [1.165, 1.54) is 19.1 Å². The number of carboxylic acid groups (broad SMARTS) is 1. The lowest BCUT2D eigenvalue weighted by molar-refractivity contribution is -0.143. The molecule has 0 aliphatic heterocycles. The highest BCUT2D eigenvalue weighted by molar-refractivity contribution is 7.54. The number of hydrogen-bond acceptors (Lipinski definition) is 7. The summed E-state index contributed by atoms with van der Waals surface area (Å²) in [5, 5.41) is 7.18. The number of alkyl halides is 3. The number of aliphatic carboxylic acids is 1. The molecule has 0 bridgehead atoms. The van der Waals surface area contributed by atoms with Crippen molar-refractivity contribution in [3.05, 3.63) is 76.7 Å². The molecule has 3 N–H and O–H groups in total. The van der Waals surface area contributed by atoms with Crippen molar-refractivity contribution >= 4 is 25.6 Å². The summed E-state index contributed by atoms with van der Waals surface area (Å²) in [6.45, 7) is 10.5. The van der Waals surface area contributed by atoms with Gasteiger partial charge in [-0.15, -0.1) is 0 Å². The molecule has 258 valence electrons. The highest BCUT2D eigenvalue weighted by Crippen LogP contribution is 2.58. The molecule has 10 nitrogen and oxygen atoms in total. The van der Waals surface area contributed by atoms with E-state index < -0.39 is 36.4 Å². The van der Waals surface area contributed by atoms with E-state index in [1.54, 1.807) is 58.9 Å². The number of benzene rings is 2. The van der Waals surface area contributed by atoms with E-state index in [0.29, 0.717) is 47.8 Å². The Morgan fingerprint density at radius 2 is 1.66 bits per heavy atom. The first-order chi connectivity index (χ1) is 21.9. The Bertz CT molecular complexity index is 1570. The summed E-state index contributed by atoms with van der Waals surface area (Å²) in [6.07, 6.45) is -1.86. The van der Waals surface area contributed by atoms with Crippen LogP contribution >= 0.6 is 7.60 Å². The number of ether oxygens (including phenoxy) is 2. The number of carbonyl (C=O) groups excluding carboxylic acids is 1. The van der Waals surface area contributed by atoms with Gasteiger partial charge in [-0.3, -0.25) is 9.36 Å². The zero-order valence-electron chi connectivity index (χ0n) is 27.1. The van der Waals surface area contributed by atoms with Gasteiger partial charge < -0.3 is 28.8 Å². The van der Waals surface area contributed by atoms with Gasteiger partial charge in [0, 0.05) is 11.1 Å². The summed E-state index contributed by atoms with van der Waals surface area (Å²) in [4.78, 5) is 45.8. The maximum absolute atomic E-state index is 12.7. The molecule has 0 aliphatic carbocycles. The molecule has 2 aromatic carbocycles. The van der Waals surface area contributed by atoms with Crippen molar-refractivity contribution in [2.24, 2.45) is 5.92 Å². The maximum Gasteiger partial charge on any atom is 0.416 e. The van der Waals surface area contributed by atoms with Crippen molar-refractivity contribution in [1.29, 1.82) is 0 Å². The van der Waals surface area contributed by atoms with Crippen LogP contribution in [0.3, 0.4) is 0 Å². The Morgan fingerprint density at radius 3 is 2.13 bits per heavy atom. The van der Waals surface area contributed by atoms with Crippen LogP contribution < -0.4 is 4.74 Å². The molecule has 1 atom stereocenters. The summed E-state index contributed by atoms with van der Waals surface area (Å²) in [5.41, 5.74) is 1.48. The molecule has 1 aromatic heterocycles. The van der Waals surface area contributed by atoms with E-state index in [-0.39, 0.29) is 24.9 Å². The molecule has 0 radical (unpaired) electrons. The highest BCUT2D eigenvalue weighted by atomic mass is 31.2. The Labute approximate surface area is 271 Å². The quantitative estimate of drug-likeness (QED) is 0.0915. The minimum absolute atomic E-state index is 0.0566. The van der Waals surface area contributed by atoms with E-state index >= 15 is 0 Å². The number of halogens is 3. The van der Waals surface area contributed by atoms with E-state index in [0.717, 1.165) is 17.7 Å². The molecular formula is C33H41F3NO9P. The fourth-order valence-electron chi connectivity index (χ4n) is 5.03. The average Bonchev–Trinajstić information content (AvgIpc) is 3.38. The number of carboxylic acids is 1. The number of esters is 1. The third-order valence-electron chi connectivity index (χ3n) is 7.66. The number of nitrogens with zero attached hydrogens (tertiary/aromatic N) is 1. The van der Waals surface area contributed by atoms with Crippen LogP contribution in [0.25, 0.3) is 17.5 Å². The van der Waals surface area contributed by atoms with Crippen LogP contribution in [0, 0.1) is 12.8 Å². The number of hydrogen-bond donors (Lipinski definition) is 3. The monoisotopic (exact) mass is 683 g/mol. The molecule has 47 heavy (non-hydrogen) atoms. The highest BCUT2D eigenvalue weighted by Gasteiger charge is 2.56. The van der Waals surface area contributed by atoms with Gasteiger partial charge in [0.2, 0.25) is 5.89 Å². The smallest absolute Gasteiger partial charge is 0.416 e. The molecular weight excluding hydrogens is 642 g/mol. The van der Waals surface area contributed by atoms with Crippen LogP contribution in [0.1, 0.15) is 76.5 Å². The number of oxazole rings is 1. The molecule has 0 saturated heterocycles. The molecule has 3 aromatic rings. The van der Waals surface area contributed by atoms with Gasteiger partial charge >= 0.3 is 25.7 Å². The minimum atomic E-state index is -4.65.